The van der Waals surface area contributed by atoms with Crippen molar-refractivity contribution in [3.8, 4) is 0 Å². The molecule has 7 heteroatoms. The van der Waals surface area contributed by atoms with E-state index in [2.05, 4.69) is 0 Å². The highest BCUT2D eigenvalue weighted by atomic mass is 35.5. The summed E-state index contributed by atoms with van der Waals surface area (Å²) in [5.41, 5.74) is 5.29. The molecule has 2 heterocycles. The second kappa shape index (κ2) is 4.73. The van der Waals surface area contributed by atoms with Gasteiger partial charge < -0.3 is 30.2 Å². The molecular formula is C9H18ClNO5. The van der Waals surface area contributed by atoms with Crippen molar-refractivity contribution < 1.29 is 24.4 Å². The van der Waals surface area contributed by atoms with Crippen LogP contribution in [0.5, 0.6) is 0 Å². The van der Waals surface area contributed by atoms with Crippen LogP contribution in [0.15, 0.2) is 0 Å². The SMILES string of the molecule is CC1(C)O[C@H]2O[C@H]([C@H](O)CN)[C@H](O)[C@H]2O1.Cl. The fourth-order valence-corrected chi connectivity index (χ4v) is 1.97. The van der Waals surface area contributed by atoms with Crippen molar-refractivity contribution >= 4 is 12.4 Å². The average molecular weight is 256 g/mol. The summed E-state index contributed by atoms with van der Waals surface area (Å²) in [6.45, 7) is 3.52. The van der Waals surface area contributed by atoms with Crippen molar-refractivity contribution in [1.29, 1.82) is 0 Å². The van der Waals surface area contributed by atoms with Gasteiger partial charge in [-0.25, -0.2) is 0 Å². The maximum absolute atomic E-state index is 9.85. The Labute approximate surface area is 100 Å². The van der Waals surface area contributed by atoms with Crippen molar-refractivity contribution in [3.05, 3.63) is 0 Å². The summed E-state index contributed by atoms with van der Waals surface area (Å²) in [4.78, 5) is 0. The molecule has 0 amide bonds. The highest BCUT2D eigenvalue weighted by Crippen LogP contribution is 2.37. The first-order valence-electron chi connectivity index (χ1n) is 5.02. The van der Waals surface area contributed by atoms with Crippen molar-refractivity contribution in [3.63, 3.8) is 0 Å². The zero-order chi connectivity index (χ0) is 11.2. The van der Waals surface area contributed by atoms with Crippen LogP contribution in [0.4, 0.5) is 0 Å². The first-order chi connectivity index (χ1) is 6.94. The largest absolute Gasteiger partial charge is 0.389 e. The summed E-state index contributed by atoms with van der Waals surface area (Å²) in [7, 11) is 0. The van der Waals surface area contributed by atoms with Crippen LogP contribution in [0, 0.1) is 0 Å². The Hall–Kier alpha value is 0.0500. The van der Waals surface area contributed by atoms with E-state index >= 15 is 0 Å². The van der Waals surface area contributed by atoms with Crippen LogP contribution in [0.3, 0.4) is 0 Å². The van der Waals surface area contributed by atoms with Crippen molar-refractivity contribution in [1.82, 2.24) is 0 Å². The smallest absolute Gasteiger partial charge is 0.190 e. The quantitative estimate of drug-likeness (QED) is 0.584. The van der Waals surface area contributed by atoms with Gasteiger partial charge in [-0.1, -0.05) is 0 Å². The first kappa shape index (κ1) is 14.1. The first-order valence-corrected chi connectivity index (χ1v) is 5.02. The van der Waals surface area contributed by atoms with E-state index in [4.69, 9.17) is 19.9 Å². The Morgan fingerprint density at radius 1 is 1.38 bits per heavy atom. The van der Waals surface area contributed by atoms with Crippen LogP contribution < -0.4 is 5.73 Å². The van der Waals surface area contributed by atoms with Crippen LogP contribution in [0.2, 0.25) is 0 Å². The molecule has 96 valence electrons. The van der Waals surface area contributed by atoms with E-state index in [0.29, 0.717) is 0 Å². The minimum atomic E-state index is -0.907. The van der Waals surface area contributed by atoms with E-state index in [9.17, 15) is 10.2 Å². The molecular weight excluding hydrogens is 238 g/mol. The van der Waals surface area contributed by atoms with Gasteiger partial charge in [-0.05, 0) is 13.8 Å². The molecule has 5 atom stereocenters. The third kappa shape index (κ3) is 2.33. The number of hydrogen-bond acceptors (Lipinski definition) is 6. The van der Waals surface area contributed by atoms with Crippen molar-refractivity contribution in [2.24, 2.45) is 5.73 Å². The lowest BCUT2D eigenvalue weighted by Crippen LogP contribution is -2.43. The summed E-state index contributed by atoms with van der Waals surface area (Å²) in [5, 5.41) is 19.3. The van der Waals surface area contributed by atoms with Gasteiger partial charge in [0.1, 0.15) is 18.3 Å². The molecule has 0 aromatic carbocycles. The van der Waals surface area contributed by atoms with Gasteiger partial charge in [0.25, 0.3) is 0 Å². The maximum atomic E-state index is 9.85. The topological polar surface area (TPSA) is 94.2 Å². The summed E-state index contributed by atoms with van der Waals surface area (Å²) in [6, 6.07) is 0. The van der Waals surface area contributed by atoms with Gasteiger partial charge in [0.2, 0.25) is 0 Å². The van der Waals surface area contributed by atoms with Crippen LogP contribution >= 0.6 is 12.4 Å². The lowest BCUT2D eigenvalue weighted by Gasteiger charge is -2.25. The van der Waals surface area contributed by atoms with Gasteiger partial charge in [-0.15, -0.1) is 12.4 Å². The Kier molecular flexibility index (Phi) is 4.18. The van der Waals surface area contributed by atoms with Gasteiger partial charge in [-0.3, -0.25) is 0 Å². The summed E-state index contributed by atoms with van der Waals surface area (Å²) in [6.07, 6.45) is -3.72. The zero-order valence-electron chi connectivity index (χ0n) is 9.20. The van der Waals surface area contributed by atoms with Gasteiger partial charge in [-0.2, -0.15) is 0 Å². The van der Waals surface area contributed by atoms with Gasteiger partial charge in [0.05, 0.1) is 6.10 Å². The molecule has 2 rings (SSSR count). The van der Waals surface area contributed by atoms with Crippen LogP contribution in [0.25, 0.3) is 0 Å². The fourth-order valence-electron chi connectivity index (χ4n) is 1.97. The lowest BCUT2D eigenvalue weighted by molar-refractivity contribution is -0.225. The Balaban J connectivity index is 0.00000128. The molecule has 0 bridgehead atoms. The van der Waals surface area contributed by atoms with Gasteiger partial charge in [0.15, 0.2) is 12.1 Å². The fraction of sp³-hybridized carbons (Fsp3) is 1.00. The molecule has 2 fully saturated rings. The molecule has 0 aliphatic carbocycles. The highest BCUT2D eigenvalue weighted by molar-refractivity contribution is 5.85. The van der Waals surface area contributed by atoms with Crippen LogP contribution in [-0.2, 0) is 14.2 Å². The van der Waals surface area contributed by atoms with Crippen molar-refractivity contribution in [2.45, 2.75) is 50.3 Å². The molecule has 16 heavy (non-hydrogen) atoms. The number of ether oxygens (including phenoxy) is 3. The summed E-state index contributed by atoms with van der Waals surface area (Å²) in [5.74, 6) is -0.755. The molecule has 0 unspecified atom stereocenters. The average Bonchev–Trinajstić information content (AvgIpc) is 2.60. The number of aliphatic hydroxyl groups is 2. The minimum Gasteiger partial charge on any atom is -0.389 e. The Morgan fingerprint density at radius 3 is 2.50 bits per heavy atom. The summed E-state index contributed by atoms with van der Waals surface area (Å²) < 4.78 is 16.2. The molecule has 2 saturated heterocycles. The molecule has 0 aromatic rings. The lowest BCUT2D eigenvalue weighted by atomic mass is 10.1. The van der Waals surface area contributed by atoms with E-state index in [-0.39, 0.29) is 19.0 Å². The third-order valence-electron chi connectivity index (χ3n) is 2.67. The van der Waals surface area contributed by atoms with E-state index in [1.165, 1.54) is 0 Å². The molecule has 0 radical (unpaired) electrons. The third-order valence-corrected chi connectivity index (χ3v) is 2.67. The highest BCUT2D eigenvalue weighted by Gasteiger charge is 2.55. The van der Waals surface area contributed by atoms with Crippen LogP contribution in [0.1, 0.15) is 13.8 Å². The van der Waals surface area contributed by atoms with Gasteiger partial charge >= 0.3 is 0 Å². The zero-order valence-corrected chi connectivity index (χ0v) is 10.0. The van der Waals surface area contributed by atoms with E-state index in [1.54, 1.807) is 13.8 Å². The van der Waals surface area contributed by atoms with E-state index < -0.39 is 36.5 Å². The normalized spacial score (nSPS) is 42.6. The predicted octanol–water partition coefficient (Wildman–Crippen LogP) is -1.03. The van der Waals surface area contributed by atoms with E-state index in [1.807, 2.05) is 0 Å². The monoisotopic (exact) mass is 255 g/mol. The molecule has 0 spiro atoms. The number of rotatable bonds is 2. The molecule has 0 saturated carbocycles. The number of halogens is 1. The second-order valence-electron chi connectivity index (χ2n) is 4.36. The molecule has 4 N–H and O–H groups in total. The minimum absolute atomic E-state index is 0. The Morgan fingerprint density at radius 2 is 2.00 bits per heavy atom. The standard InChI is InChI=1S/C9H17NO5.ClH/c1-9(2)14-7-5(12)6(4(11)3-10)13-8(7)15-9;/h4-8,11-12H,3,10H2,1-2H3;1H/t4-,5+,6-,7-,8-;/m1./s1. The second-order valence-corrected chi connectivity index (χ2v) is 4.36. The predicted molar refractivity (Wildman–Crippen MR) is 57.0 cm³/mol. The van der Waals surface area contributed by atoms with Crippen molar-refractivity contribution in [2.75, 3.05) is 6.54 Å². The molecule has 6 nitrogen and oxygen atoms in total. The molecule has 2 aliphatic rings. The van der Waals surface area contributed by atoms with Crippen LogP contribution in [-0.4, -0.2) is 53.3 Å². The maximum Gasteiger partial charge on any atom is 0.190 e. The van der Waals surface area contributed by atoms with Gasteiger partial charge in [0, 0.05) is 6.54 Å². The van der Waals surface area contributed by atoms with E-state index in [0.717, 1.165) is 0 Å². The number of hydrogen-bond donors (Lipinski definition) is 3. The molecule has 2 aliphatic heterocycles. The molecule has 0 aromatic heterocycles. The number of nitrogens with two attached hydrogens (primary N) is 1. The number of aliphatic hydroxyl groups excluding tert-OH is 2. The Bertz CT molecular complexity index is 252. The summed E-state index contributed by atoms with van der Waals surface area (Å²) >= 11 is 0. The number of fused-ring (bicyclic) bond motifs is 1.